The first-order valence-electron chi connectivity index (χ1n) is 20.8. The summed E-state index contributed by atoms with van der Waals surface area (Å²) in [6.07, 6.45) is 0. The van der Waals surface area contributed by atoms with Crippen molar-refractivity contribution in [1.82, 2.24) is 4.57 Å². The fraction of sp³-hybridized carbons (Fsp3) is 0. The summed E-state index contributed by atoms with van der Waals surface area (Å²) in [5.41, 5.74) is 14.9. The van der Waals surface area contributed by atoms with Gasteiger partial charge >= 0.3 is 0 Å². The standard InChI is InChI=1S/C58H41N3/c1-4-14-42(15-5-1)43-24-31-49(32-25-43)60(52-39-37-51(38-40-52)59(47-17-6-2-7-18-47)48-19-8-3-9-20-48)50-33-26-44(27-34-50)45-28-35-53(36-29-45)61-56-23-13-12-22-55(56)58-54-21-11-10-16-46(54)30-41-57(58)61/h1-41H. The maximum Gasteiger partial charge on any atom is 0.0547 e. The summed E-state index contributed by atoms with van der Waals surface area (Å²) in [7, 11) is 0. The average molecular weight is 780 g/mol. The highest BCUT2D eigenvalue weighted by Gasteiger charge is 2.18. The number of nitrogens with zero attached hydrogens (tertiary/aromatic N) is 3. The van der Waals surface area contributed by atoms with Crippen LogP contribution in [0.15, 0.2) is 249 Å². The van der Waals surface area contributed by atoms with E-state index in [0.29, 0.717) is 0 Å². The molecule has 0 saturated heterocycles. The van der Waals surface area contributed by atoms with E-state index in [4.69, 9.17) is 0 Å². The third-order valence-corrected chi connectivity index (χ3v) is 11.8. The maximum absolute atomic E-state index is 2.40. The summed E-state index contributed by atoms with van der Waals surface area (Å²) >= 11 is 0. The summed E-state index contributed by atoms with van der Waals surface area (Å²) in [4.78, 5) is 4.64. The van der Waals surface area contributed by atoms with E-state index in [0.717, 1.165) is 39.8 Å². The Morgan fingerprint density at radius 3 is 1.15 bits per heavy atom. The van der Waals surface area contributed by atoms with Crippen molar-refractivity contribution in [1.29, 1.82) is 0 Å². The molecule has 0 bridgehead atoms. The Hall–Kier alpha value is -8.14. The Bertz CT molecular complexity index is 3210. The van der Waals surface area contributed by atoms with Crippen molar-refractivity contribution in [3.05, 3.63) is 249 Å². The lowest BCUT2D eigenvalue weighted by molar-refractivity contribution is 1.18. The first-order chi connectivity index (χ1) is 30.3. The van der Waals surface area contributed by atoms with Gasteiger partial charge in [0.1, 0.15) is 0 Å². The second-order valence-corrected chi connectivity index (χ2v) is 15.4. The molecule has 0 saturated carbocycles. The first kappa shape index (κ1) is 36.0. The lowest BCUT2D eigenvalue weighted by Crippen LogP contribution is -2.12. The number of fused-ring (bicyclic) bond motifs is 5. The fourth-order valence-corrected chi connectivity index (χ4v) is 8.86. The third-order valence-electron chi connectivity index (χ3n) is 11.8. The van der Waals surface area contributed by atoms with E-state index < -0.39 is 0 Å². The van der Waals surface area contributed by atoms with Crippen molar-refractivity contribution in [2.75, 3.05) is 9.80 Å². The van der Waals surface area contributed by atoms with E-state index in [9.17, 15) is 0 Å². The van der Waals surface area contributed by atoms with Gasteiger partial charge in [-0.3, -0.25) is 0 Å². The zero-order valence-corrected chi connectivity index (χ0v) is 33.5. The van der Waals surface area contributed by atoms with Crippen LogP contribution >= 0.6 is 0 Å². The van der Waals surface area contributed by atoms with Crippen molar-refractivity contribution in [3.63, 3.8) is 0 Å². The molecular weight excluding hydrogens is 739 g/mol. The molecule has 11 rings (SSSR count). The fourth-order valence-electron chi connectivity index (χ4n) is 8.86. The summed E-state index contributed by atoms with van der Waals surface area (Å²) in [5, 5.41) is 5.11. The molecule has 11 aromatic rings. The third kappa shape index (κ3) is 6.69. The molecule has 1 heterocycles. The van der Waals surface area contributed by atoms with E-state index in [1.165, 1.54) is 54.8 Å². The molecule has 61 heavy (non-hydrogen) atoms. The number of benzene rings is 10. The van der Waals surface area contributed by atoms with Gasteiger partial charge in [-0.1, -0.05) is 152 Å². The molecule has 0 aliphatic carbocycles. The molecule has 3 heteroatoms. The minimum atomic E-state index is 1.08. The van der Waals surface area contributed by atoms with Crippen molar-refractivity contribution < 1.29 is 0 Å². The molecule has 288 valence electrons. The summed E-state index contributed by atoms with van der Waals surface area (Å²) in [6, 6.07) is 89.3. The van der Waals surface area contributed by atoms with Gasteiger partial charge in [0.2, 0.25) is 0 Å². The van der Waals surface area contributed by atoms with E-state index in [2.05, 4.69) is 263 Å². The summed E-state index contributed by atoms with van der Waals surface area (Å²) in [6.45, 7) is 0. The minimum Gasteiger partial charge on any atom is -0.311 e. The monoisotopic (exact) mass is 779 g/mol. The van der Waals surface area contributed by atoms with Gasteiger partial charge in [-0.05, 0) is 130 Å². The number of hydrogen-bond acceptors (Lipinski definition) is 2. The van der Waals surface area contributed by atoms with Crippen LogP contribution in [0, 0.1) is 0 Å². The number of rotatable bonds is 9. The van der Waals surface area contributed by atoms with Gasteiger partial charge in [0.15, 0.2) is 0 Å². The van der Waals surface area contributed by atoms with Crippen molar-refractivity contribution in [3.8, 4) is 27.9 Å². The van der Waals surface area contributed by atoms with Gasteiger partial charge in [-0.15, -0.1) is 0 Å². The summed E-state index contributed by atoms with van der Waals surface area (Å²) < 4.78 is 2.40. The molecule has 10 aromatic carbocycles. The predicted octanol–water partition coefficient (Wildman–Crippen LogP) is 16.2. The summed E-state index contributed by atoms with van der Waals surface area (Å²) in [5.74, 6) is 0. The quantitative estimate of drug-likeness (QED) is 0.145. The van der Waals surface area contributed by atoms with Crippen LogP contribution in [0.2, 0.25) is 0 Å². The van der Waals surface area contributed by atoms with E-state index in [-0.39, 0.29) is 0 Å². The van der Waals surface area contributed by atoms with Gasteiger partial charge in [-0.25, -0.2) is 0 Å². The molecule has 3 nitrogen and oxygen atoms in total. The van der Waals surface area contributed by atoms with Gasteiger partial charge in [-0.2, -0.15) is 0 Å². The number of para-hydroxylation sites is 3. The van der Waals surface area contributed by atoms with E-state index >= 15 is 0 Å². The van der Waals surface area contributed by atoms with Crippen LogP contribution in [0.5, 0.6) is 0 Å². The Morgan fingerprint density at radius 2 is 0.623 bits per heavy atom. The van der Waals surface area contributed by atoms with Crippen LogP contribution in [-0.2, 0) is 0 Å². The Labute approximate surface area is 356 Å². The molecule has 0 N–H and O–H groups in total. The predicted molar refractivity (Wildman–Crippen MR) is 259 cm³/mol. The molecule has 0 fully saturated rings. The second-order valence-electron chi connectivity index (χ2n) is 15.4. The molecular formula is C58H41N3. The van der Waals surface area contributed by atoms with Crippen molar-refractivity contribution in [2.45, 2.75) is 0 Å². The Balaban J connectivity index is 0.946. The van der Waals surface area contributed by atoms with Crippen LogP contribution < -0.4 is 9.80 Å². The highest BCUT2D eigenvalue weighted by atomic mass is 15.2. The SMILES string of the molecule is c1ccc(-c2ccc(N(c3ccc(-c4ccc(-n5c6ccccc6c6c7ccccc7ccc65)cc4)cc3)c3ccc(N(c4ccccc4)c4ccccc4)cc3)cc2)cc1. The molecule has 1 aromatic heterocycles. The highest BCUT2D eigenvalue weighted by Crippen LogP contribution is 2.41. The van der Waals surface area contributed by atoms with Crippen LogP contribution in [0.3, 0.4) is 0 Å². The van der Waals surface area contributed by atoms with Gasteiger partial charge in [0.25, 0.3) is 0 Å². The zero-order valence-electron chi connectivity index (χ0n) is 33.5. The molecule has 0 radical (unpaired) electrons. The minimum absolute atomic E-state index is 1.08. The van der Waals surface area contributed by atoms with Crippen LogP contribution in [0.4, 0.5) is 34.1 Å². The van der Waals surface area contributed by atoms with Gasteiger partial charge in [0, 0.05) is 50.6 Å². The molecule has 0 unspecified atom stereocenters. The maximum atomic E-state index is 2.40. The smallest absolute Gasteiger partial charge is 0.0547 e. The van der Waals surface area contributed by atoms with Crippen LogP contribution in [0.25, 0.3) is 60.5 Å². The Kier molecular flexibility index (Phi) is 9.18. The lowest BCUT2D eigenvalue weighted by atomic mass is 10.0. The number of aromatic nitrogens is 1. The van der Waals surface area contributed by atoms with E-state index in [1.54, 1.807) is 0 Å². The second kappa shape index (κ2) is 15.6. The largest absolute Gasteiger partial charge is 0.311 e. The Morgan fingerprint density at radius 1 is 0.246 bits per heavy atom. The van der Waals surface area contributed by atoms with E-state index in [1.807, 2.05) is 0 Å². The number of hydrogen-bond donors (Lipinski definition) is 0. The molecule has 0 spiro atoms. The molecule has 0 aliphatic rings. The first-order valence-corrected chi connectivity index (χ1v) is 20.8. The zero-order chi connectivity index (χ0) is 40.5. The molecule has 0 amide bonds. The van der Waals surface area contributed by atoms with Gasteiger partial charge < -0.3 is 14.4 Å². The highest BCUT2D eigenvalue weighted by molar-refractivity contribution is 6.21. The van der Waals surface area contributed by atoms with Crippen LogP contribution in [-0.4, -0.2) is 4.57 Å². The lowest BCUT2D eigenvalue weighted by Gasteiger charge is -2.28. The van der Waals surface area contributed by atoms with Crippen molar-refractivity contribution >= 4 is 66.7 Å². The van der Waals surface area contributed by atoms with Gasteiger partial charge in [0.05, 0.1) is 11.0 Å². The molecule has 0 aliphatic heterocycles. The number of anilines is 6. The normalized spacial score (nSPS) is 11.3. The van der Waals surface area contributed by atoms with Crippen LogP contribution in [0.1, 0.15) is 0 Å². The molecule has 0 atom stereocenters. The topological polar surface area (TPSA) is 11.4 Å². The van der Waals surface area contributed by atoms with Crippen molar-refractivity contribution in [2.24, 2.45) is 0 Å². The average Bonchev–Trinajstić information content (AvgIpc) is 3.69.